The van der Waals surface area contributed by atoms with Gasteiger partial charge in [-0.05, 0) is 12.8 Å². The Morgan fingerprint density at radius 2 is 2.07 bits per heavy atom. The fourth-order valence-electron chi connectivity index (χ4n) is 1.89. The van der Waals surface area contributed by atoms with Gasteiger partial charge in [0.25, 0.3) is 0 Å². The third kappa shape index (κ3) is 3.24. The molecule has 0 aromatic rings. The minimum Gasteiger partial charge on any atom is -0.341 e. The smallest absolute Gasteiger partial charge is 0.240 e. The number of hydrogen-bond acceptors (Lipinski definition) is 4. The lowest BCUT2D eigenvalue weighted by molar-refractivity contribution is -0.133. The number of nitrogens with two attached hydrogens (primary N) is 1. The minimum atomic E-state index is 0. The Morgan fingerprint density at radius 1 is 1.40 bits per heavy atom. The second kappa shape index (κ2) is 5.94. The van der Waals surface area contributed by atoms with Crippen LogP contribution in [0.5, 0.6) is 0 Å². The van der Waals surface area contributed by atoms with Gasteiger partial charge in [0.15, 0.2) is 0 Å². The predicted molar refractivity (Wildman–Crippen MR) is 65.3 cm³/mol. The molecule has 0 aliphatic carbocycles. The van der Waals surface area contributed by atoms with Crippen molar-refractivity contribution < 1.29 is 4.79 Å². The third-order valence-electron chi connectivity index (χ3n) is 2.87. The number of hydrogen-bond donors (Lipinski definition) is 2. The van der Waals surface area contributed by atoms with Crippen LogP contribution in [-0.4, -0.2) is 47.6 Å². The zero-order valence-electron chi connectivity index (χ0n) is 8.65. The van der Waals surface area contributed by atoms with E-state index in [2.05, 4.69) is 5.32 Å². The lowest BCUT2D eigenvalue weighted by Gasteiger charge is -2.31. The summed E-state index contributed by atoms with van der Waals surface area (Å²) >= 11 is 1.79. The fraction of sp³-hybridized carbons (Fsp3) is 0.889. The van der Waals surface area contributed by atoms with Crippen LogP contribution in [0, 0.1) is 0 Å². The van der Waals surface area contributed by atoms with Gasteiger partial charge in [-0.1, -0.05) is 0 Å². The highest BCUT2D eigenvalue weighted by Crippen LogP contribution is 2.15. The SMILES string of the molecule is Cl.NC1CCN(C(=O)[C@H]2CSCN2)CC1. The first-order chi connectivity index (χ1) is 6.77. The molecule has 0 radical (unpaired) electrons. The van der Waals surface area contributed by atoms with Gasteiger partial charge in [0, 0.05) is 30.8 Å². The van der Waals surface area contributed by atoms with Gasteiger partial charge < -0.3 is 10.6 Å². The van der Waals surface area contributed by atoms with Gasteiger partial charge in [-0.3, -0.25) is 10.1 Å². The van der Waals surface area contributed by atoms with Crippen molar-refractivity contribution in [3.63, 3.8) is 0 Å². The van der Waals surface area contributed by atoms with Gasteiger partial charge in [0.1, 0.15) is 0 Å². The van der Waals surface area contributed by atoms with Gasteiger partial charge in [0.05, 0.1) is 6.04 Å². The molecule has 15 heavy (non-hydrogen) atoms. The minimum absolute atomic E-state index is 0. The first kappa shape index (κ1) is 13.1. The molecular weight excluding hydrogens is 234 g/mol. The van der Waals surface area contributed by atoms with Crippen LogP contribution in [0.3, 0.4) is 0 Å². The van der Waals surface area contributed by atoms with Gasteiger partial charge in [-0.2, -0.15) is 0 Å². The summed E-state index contributed by atoms with van der Waals surface area (Å²) in [6, 6.07) is 0.347. The Bertz CT molecular complexity index is 215. The number of nitrogens with zero attached hydrogens (tertiary/aromatic N) is 1. The lowest BCUT2D eigenvalue weighted by atomic mass is 10.1. The Balaban J connectivity index is 0.00000112. The van der Waals surface area contributed by atoms with Gasteiger partial charge >= 0.3 is 0 Å². The first-order valence-electron chi connectivity index (χ1n) is 5.13. The van der Waals surface area contributed by atoms with Crippen LogP contribution >= 0.6 is 24.2 Å². The number of thioether (sulfide) groups is 1. The van der Waals surface area contributed by atoms with E-state index in [4.69, 9.17) is 5.73 Å². The quantitative estimate of drug-likeness (QED) is 0.690. The summed E-state index contributed by atoms with van der Waals surface area (Å²) in [4.78, 5) is 13.9. The zero-order valence-corrected chi connectivity index (χ0v) is 10.3. The average Bonchev–Trinajstić information content (AvgIpc) is 2.71. The van der Waals surface area contributed by atoms with Crippen molar-refractivity contribution >= 4 is 30.1 Å². The maximum atomic E-state index is 11.9. The molecule has 2 heterocycles. The van der Waals surface area contributed by atoms with E-state index in [1.165, 1.54) is 0 Å². The summed E-state index contributed by atoms with van der Waals surface area (Å²) in [5.41, 5.74) is 5.79. The van der Waals surface area contributed by atoms with Gasteiger partial charge in [-0.15, -0.1) is 24.2 Å². The normalized spacial score (nSPS) is 27.5. The second-order valence-electron chi connectivity index (χ2n) is 3.93. The van der Waals surface area contributed by atoms with E-state index >= 15 is 0 Å². The summed E-state index contributed by atoms with van der Waals surface area (Å²) in [5.74, 6) is 2.09. The van der Waals surface area contributed by atoms with E-state index < -0.39 is 0 Å². The molecule has 2 aliphatic heterocycles. The maximum absolute atomic E-state index is 11.9. The molecule has 2 fully saturated rings. The van der Waals surface area contributed by atoms with E-state index in [0.29, 0.717) is 6.04 Å². The molecule has 6 heteroatoms. The molecule has 2 rings (SSSR count). The Kier molecular flexibility index (Phi) is 5.18. The molecule has 2 aliphatic rings. The van der Waals surface area contributed by atoms with E-state index in [-0.39, 0.29) is 24.4 Å². The number of carbonyl (C=O) groups excluding carboxylic acids is 1. The van der Waals surface area contributed by atoms with Crippen LogP contribution in [0.15, 0.2) is 0 Å². The summed E-state index contributed by atoms with van der Waals surface area (Å²) in [5, 5.41) is 3.21. The van der Waals surface area contributed by atoms with Crippen molar-refractivity contribution in [3.8, 4) is 0 Å². The Morgan fingerprint density at radius 3 is 2.60 bits per heavy atom. The van der Waals surface area contributed by atoms with Crippen molar-refractivity contribution in [1.82, 2.24) is 10.2 Å². The molecule has 3 N–H and O–H groups in total. The van der Waals surface area contributed by atoms with E-state index in [0.717, 1.165) is 37.6 Å². The average molecular weight is 252 g/mol. The van der Waals surface area contributed by atoms with E-state index in [1.54, 1.807) is 11.8 Å². The van der Waals surface area contributed by atoms with Crippen LogP contribution in [0.2, 0.25) is 0 Å². The summed E-state index contributed by atoms with van der Waals surface area (Å²) in [6.45, 7) is 1.67. The monoisotopic (exact) mass is 251 g/mol. The molecule has 1 atom stereocenters. The van der Waals surface area contributed by atoms with Crippen molar-refractivity contribution in [2.45, 2.75) is 24.9 Å². The van der Waals surface area contributed by atoms with E-state index in [1.807, 2.05) is 4.90 Å². The Labute approximate surface area is 101 Å². The molecule has 0 aromatic carbocycles. The molecule has 0 aromatic heterocycles. The number of carbonyl (C=O) groups is 1. The fourth-order valence-corrected chi connectivity index (χ4v) is 2.83. The molecule has 2 saturated heterocycles. The molecule has 0 unspecified atom stereocenters. The lowest BCUT2D eigenvalue weighted by Crippen LogP contribution is -2.49. The predicted octanol–water partition coefficient (Wildman–Crippen LogP) is 0.0204. The number of amides is 1. The van der Waals surface area contributed by atoms with Gasteiger partial charge in [0.2, 0.25) is 5.91 Å². The molecule has 1 amide bonds. The topological polar surface area (TPSA) is 58.4 Å². The van der Waals surface area contributed by atoms with Crippen LogP contribution in [0.4, 0.5) is 0 Å². The van der Waals surface area contributed by atoms with Crippen molar-refractivity contribution in [1.29, 1.82) is 0 Å². The van der Waals surface area contributed by atoms with Crippen molar-refractivity contribution in [3.05, 3.63) is 0 Å². The number of piperidine rings is 1. The first-order valence-corrected chi connectivity index (χ1v) is 6.28. The molecule has 0 bridgehead atoms. The highest BCUT2D eigenvalue weighted by atomic mass is 35.5. The highest BCUT2D eigenvalue weighted by molar-refractivity contribution is 7.99. The standard InChI is InChI=1S/C9H17N3OS.ClH/c10-7-1-3-12(4-2-7)9(13)8-5-14-6-11-8;/h7-8,11H,1-6,10H2;1H/t8-;/m1./s1. The number of nitrogens with one attached hydrogen (secondary N) is 1. The number of rotatable bonds is 1. The van der Waals surface area contributed by atoms with Crippen LogP contribution < -0.4 is 11.1 Å². The van der Waals surface area contributed by atoms with Gasteiger partial charge in [-0.25, -0.2) is 0 Å². The molecule has 4 nitrogen and oxygen atoms in total. The molecule has 0 saturated carbocycles. The van der Waals surface area contributed by atoms with E-state index in [9.17, 15) is 4.79 Å². The maximum Gasteiger partial charge on any atom is 0.240 e. The van der Waals surface area contributed by atoms with Crippen LogP contribution in [0.25, 0.3) is 0 Å². The second-order valence-corrected chi connectivity index (χ2v) is 4.96. The van der Waals surface area contributed by atoms with Crippen LogP contribution in [-0.2, 0) is 4.79 Å². The summed E-state index contributed by atoms with van der Waals surface area (Å²) < 4.78 is 0. The molecule has 0 spiro atoms. The zero-order chi connectivity index (χ0) is 9.97. The molecule has 88 valence electrons. The van der Waals surface area contributed by atoms with Crippen LogP contribution in [0.1, 0.15) is 12.8 Å². The number of likely N-dealkylation sites (tertiary alicyclic amines) is 1. The molecular formula is C9H18ClN3OS. The largest absolute Gasteiger partial charge is 0.341 e. The number of halogens is 1. The Hall–Kier alpha value is 0.0300. The summed E-state index contributed by atoms with van der Waals surface area (Å²) in [6.07, 6.45) is 1.90. The summed E-state index contributed by atoms with van der Waals surface area (Å²) in [7, 11) is 0. The third-order valence-corrected chi connectivity index (χ3v) is 3.81. The van der Waals surface area contributed by atoms with Crippen molar-refractivity contribution in [2.24, 2.45) is 5.73 Å². The highest BCUT2D eigenvalue weighted by Gasteiger charge is 2.29. The van der Waals surface area contributed by atoms with Crippen molar-refractivity contribution in [2.75, 3.05) is 24.7 Å².